The Kier molecular flexibility index (Phi) is 8.74. The number of carbonyl (C=O) groups is 1. The lowest BCUT2D eigenvalue weighted by molar-refractivity contribution is 0.102. The quantitative estimate of drug-likeness (QED) is 0.342. The van der Waals surface area contributed by atoms with Crippen LogP contribution < -0.4 is 20.1 Å². The van der Waals surface area contributed by atoms with E-state index in [2.05, 4.69) is 64.2 Å². The van der Waals surface area contributed by atoms with Gasteiger partial charge in [-0.2, -0.15) is 9.97 Å². The molecule has 3 aromatic rings. The Morgan fingerprint density at radius 2 is 2.00 bits per heavy atom. The van der Waals surface area contributed by atoms with Crippen molar-refractivity contribution in [1.29, 1.82) is 0 Å². The molecular weight excluding hydrogens is 496 g/mol. The van der Waals surface area contributed by atoms with E-state index in [0.717, 1.165) is 37.2 Å². The zero-order valence-corrected chi connectivity index (χ0v) is 24.1. The number of amides is 1. The number of hydrogen-bond acceptors (Lipinski definition) is 9. The molecule has 10 nitrogen and oxygen atoms in total. The molecule has 1 amide bonds. The van der Waals surface area contributed by atoms with E-state index in [9.17, 15) is 4.79 Å². The number of carbonyl (C=O) groups excluding carboxylic acids is 1. The Bertz CT molecular complexity index is 1270. The predicted molar refractivity (Wildman–Crippen MR) is 151 cm³/mol. The fraction of sp³-hybridized carbons (Fsp3) is 0.517. The Morgan fingerprint density at radius 3 is 2.69 bits per heavy atom. The molecule has 10 heteroatoms. The van der Waals surface area contributed by atoms with Gasteiger partial charge < -0.3 is 24.5 Å². The molecule has 0 bridgehead atoms. The molecule has 0 saturated carbocycles. The lowest BCUT2D eigenvalue weighted by Gasteiger charge is -2.23. The van der Waals surface area contributed by atoms with Gasteiger partial charge in [-0.15, -0.1) is 0 Å². The minimum atomic E-state index is -0.476. The van der Waals surface area contributed by atoms with Crippen LogP contribution in [0.3, 0.4) is 0 Å². The molecule has 3 heterocycles. The van der Waals surface area contributed by atoms with E-state index in [4.69, 9.17) is 13.9 Å². The molecule has 39 heavy (non-hydrogen) atoms. The molecule has 1 aliphatic heterocycles. The summed E-state index contributed by atoms with van der Waals surface area (Å²) in [7, 11) is 1.52. The molecule has 0 radical (unpaired) electrons. The number of nitrogens with one attached hydrogen (secondary N) is 2. The SMILES string of the molecule is CCc1nc(NCC2CCCN2CC)nc(OC)c1NC(=O)c1coc(Oc2cc(C(C)(C)C)ccc2C)n1. The third-order valence-electron chi connectivity index (χ3n) is 7.09. The summed E-state index contributed by atoms with van der Waals surface area (Å²) in [6.07, 6.45) is 4.18. The van der Waals surface area contributed by atoms with Crippen molar-refractivity contribution in [2.75, 3.05) is 37.4 Å². The molecule has 1 aromatic carbocycles. The van der Waals surface area contributed by atoms with Crippen LogP contribution in [0.5, 0.6) is 17.7 Å². The van der Waals surface area contributed by atoms with Crippen LogP contribution in [0.4, 0.5) is 11.6 Å². The fourth-order valence-corrected chi connectivity index (χ4v) is 4.70. The van der Waals surface area contributed by atoms with Gasteiger partial charge in [-0.25, -0.2) is 4.98 Å². The Hall–Kier alpha value is -3.66. The Morgan fingerprint density at radius 1 is 1.21 bits per heavy atom. The zero-order valence-electron chi connectivity index (χ0n) is 24.1. The number of hydrogen-bond donors (Lipinski definition) is 2. The van der Waals surface area contributed by atoms with Crippen LogP contribution in [-0.4, -0.2) is 58.5 Å². The van der Waals surface area contributed by atoms with E-state index >= 15 is 0 Å². The molecule has 1 unspecified atom stereocenters. The van der Waals surface area contributed by atoms with Crippen LogP contribution in [0, 0.1) is 6.92 Å². The number of nitrogens with zero attached hydrogens (tertiary/aromatic N) is 4. The van der Waals surface area contributed by atoms with Gasteiger partial charge in [-0.05, 0) is 61.9 Å². The van der Waals surface area contributed by atoms with Gasteiger partial charge in [0.25, 0.3) is 5.91 Å². The number of aromatic nitrogens is 3. The van der Waals surface area contributed by atoms with E-state index in [1.165, 1.54) is 19.8 Å². The van der Waals surface area contributed by atoms with E-state index < -0.39 is 5.91 Å². The number of anilines is 2. The topological polar surface area (TPSA) is 115 Å². The maximum absolute atomic E-state index is 13.1. The van der Waals surface area contributed by atoms with Gasteiger partial charge >= 0.3 is 6.08 Å². The van der Waals surface area contributed by atoms with Gasteiger partial charge in [-0.1, -0.05) is 46.8 Å². The lowest BCUT2D eigenvalue weighted by Crippen LogP contribution is -2.35. The zero-order chi connectivity index (χ0) is 28.2. The first kappa shape index (κ1) is 28.4. The summed E-state index contributed by atoms with van der Waals surface area (Å²) >= 11 is 0. The molecule has 1 fully saturated rings. The first-order chi connectivity index (χ1) is 18.6. The summed E-state index contributed by atoms with van der Waals surface area (Å²) in [5.74, 6) is 0.915. The number of oxazole rings is 1. The average molecular weight is 537 g/mol. The van der Waals surface area contributed by atoms with Gasteiger partial charge in [0.05, 0.1) is 12.8 Å². The van der Waals surface area contributed by atoms with Crippen molar-refractivity contribution >= 4 is 17.5 Å². The van der Waals surface area contributed by atoms with Crippen molar-refractivity contribution in [2.45, 2.75) is 72.3 Å². The summed E-state index contributed by atoms with van der Waals surface area (Å²) in [6.45, 7) is 15.4. The van der Waals surface area contributed by atoms with Gasteiger partial charge in [-0.3, -0.25) is 9.69 Å². The van der Waals surface area contributed by atoms with Gasteiger partial charge in [0.1, 0.15) is 17.7 Å². The molecule has 0 spiro atoms. The number of aryl methyl sites for hydroxylation is 2. The van der Waals surface area contributed by atoms with Gasteiger partial charge in [0.15, 0.2) is 5.69 Å². The minimum absolute atomic E-state index is 0.0131. The van der Waals surface area contributed by atoms with Crippen LogP contribution in [-0.2, 0) is 11.8 Å². The van der Waals surface area contributed by atoms with Gasteiger partial charge in [0, 0.05) is 12.6 Å². The highest BCUT2D eigenvalue weighted by Gasteiger charge is 2.24. The number of likely N-dealkylation sites (tertiary alicyclic amines) is 1. The predicted octanol–water partition coefficient (Wildman–Crippen LogP) is 5.58. The van der Waals surface area contributed by atoms with Crippen LogP contribution in [0.25, 0.3) is 0 Å². The minimum Gasteiger partial charge on any atom is -0.479 e. The standard InChI is InChI=1S/C29H40N6O4/c1-8-21-24(26(37-7)34-27(31-21)30-16-20-11-10-14-35(20)9-2)33-25(36)22-17-38-28(32-22)39-23-15-19(29(4,5)6)13-12-18(23)3/h12-13,15,17,20H,8-11,14,16H2,1-7H3,(H,33,36)(H,30,31,34). The molecule has 4 rings (SSSR count). The molecule has 1 aliphatic rings. The maximum atomic E-state index is 13.1. The number of benzene rings is 1. The number of ether oxygens (including phenoxy) is 2. The summed E-state index contributed by atoms with van der Waals surface area (Å²) in [6, 6.07) is 6.50. The first-order valence-electron chi connectivity index (χ1n) is 13.6. The maximum Gasteiger partial charge on any atom is 0.399 e. The summed E-state index contributed by atoms with van der Waals surface area (Å²) < 4.78 is 16.9. The van der Waals surface area contributed by atoms with Crippen molar-refractivity contribution in [2.24, 2.45) is 0 Å². The molecule has 1 atom stereocenters. The molecule has 1 saturated heterocycles. The van der Waals surface area contributed by atoms with E-state index in [-0.39, 0.29) is 23.1 Å². The second-order valence-corrected chi connectivity index (χ2v) is 10.8. The largest absolute Gasteiger partial charge is 0.479 e. The number of likely N-dealkylation sites (N-methyl/N-ethyl adjacent to an activating group) is 1. The van der Waals surface area contributed by atoms with Gasteiger partial charge in [0.2, 0.25) is 11.8 Å². The average Bonchev–Trinajstić information content (AvgIpc) is 3.57. The summed E-state index contributed by atoms with van der Waals surface area (Å²) in [5, 5.41) is 6.21. The van der Waals surface area contributed by atoms with Crippen LogP contribution >= 0.6 is 0 Å². The van der Waals surface area contributed by atoms with Crippen molar-refractivity contribution in [3.63, 3.8) is 0 Å². The Balaban J connectivity index is 1.47. The Labute approximate surface area is 230 Å². The fourth-order valence-electron chi connectivity index (χ4n) is 4.70. The summed E-state index contributed by atoms with van der Waals surface area (Å²) in [5.41, 5.74) is 3.16. The highest BCUT2D eigenvalue weighted by molar-refractivity contribution is 6.03. The first-order valence-corrected chi connectivity index (χ1v) is 13.6. The molecule has 210 valence electrons. The smallest absolute Gasteiger partial charge is 0.399 e. The number of methoxy groups -OCH3 is 1. The monoisotopic (exact) mass is 536 g/mol. The molecule has 2 N–H and O–H groups in total. The third kappa shape index (κ3) is 6.68. The molecular formula is C29H40N6O4. The van der Waals surface area contributed by atoms with E-state index in [0.29, 0.717) is 35.5 Å². The van der Waals surface area contributed by atoms with Crippen molar-refractivity contribution in [1.82, 2.24) is 19.9 Å². The normalized spacial score (nSPS) is 15.8. The molecule has 0 aliphatic carbocycles. The van der Waals surface area contributed by atoms with E-state index in [1.807, 2.05) is 26.0 Å². The second-order valence-electron chi connectivity index (χ2n) is 10.8. The van der Waals surface area contributed by atoms with Crippen molar-refractivity contribution in [3.8, 4) is 17.7 Å². The highest BCUT2D eigenvalue weighted by atomic mass is 16.6. The number of rotatable bonds is 10. The van der Waals surface area contributed by atoms with Crippen molar-refractivity contribution < 1.29 is 18.7 Å². The van der Waals surface area contributed by atoms with Crippen LogP contribution in [0.2, 0.25) is 0 Å². The molecule has 2 aromatic heterocycles. The highest BCUT2D eigenvalue weighted by Crippen LogP contribution is 2.32. The van der Waals surface area contributed by atoms with Crippen LogP contribution in [0.1, 0.15) is 74.8 Å². The van der Waals surface area contributed by atoms with Crippen LogP contribution in [0.15, 0.2) is 28.9 Å². The third-order valence-corrected chi connectivity index (χ3v) is 7.09. The summed E-state index contributed by atoms with van der Waals surface area (Å²) in [4.78, 5) is 29.0. The van der Waals surface area contributed by atoms with Crippen molar-refractivity contribution in [3.05, 3.63) is 47.0 Å². The lowest BCUT2D eigenvalue weighted by atomic mass is 9.86. The second kappa shape index (κ2) is 12.0. The van der Waals surface area contributed by atoms with E-state index in [1.54, 1.807) is 0 Å².